The van der Waals surface area contributed by atoms with Gasteiger partial charge in [0.2, 0.25) is 0 Å². The highest BCUT2D eigenvalue weighted by Crippen LogP contribution is 2.28. The third-order valence-corrected chi connectivity index (χ3v) is 5.16. The van der Waals surface area contributed by atoms with Gasteiger partial charge in [-0.25, -0.2) is 4.79 Å². The van der Waals surface area contributed by atoms with E-state index in [-0.39, 0.29) is 12.2 Å². The molecule has 3 aromatic rings. The van der Waals surface area contributed by atoms with E-state index < -0.39 is 0 Å². The van der Waals surface area contributed by atoms with Crippen LogP contribution >= 0.6 is 0 Å². The van der Waals surface area contributed by atoms with Crippen molar-refractivity contribution in [1.29, 1.82) is 0 Å². The van der Waals surface area contributed by atoms with Crippen molar-refractivity contribution in [3.8, 4) is 16.9 Å². The predicted octanol–water partition coefficient (Wildman–Crippen LogP) is 5.13. The van der Waals surface area contributed by atoms with Crippen LogP contribution in [-0.4, -0.2) is 18.8 Å². The first-order valence-corrected chi connectivity index (χ1v) is 10.0. The molecule has 0 unspecified atom stereocenters. The Morgan fingerprint density at radius 2 is 1.79 bits per heavy atom. The number of rotatable bonds is 9. The number of fused-ring (bicyclic) bond motifs is 1. The van der Waals surface area contributed by atoms with Crippen LogP contribution in [0.1, 0.15) is 43.7 Å². The molecule has 0 fully saturated rings. The Bertz CT molecular complexity index is 988. The lowest BCUT2D eigenvalue weighted by Gasteiger charge is -2.11. The summed E-state index contributed by atoms with van der Waals surface area (Å²) >= 11 is 0. The first kappa shape index (κ1) is 20.2. The summed E-state index contributed by atoms with van der Waals surface area (Å²) in [6.07, 6.45) is 6.06. The molecule has 0 atom stereocenters. The lowest BCUT2D eigenvalue weighted by molar-refractivity contribution is 0.282. The Morgan fingerprint density at radius 1 is 0.964 bits per heavy atom. The standard InChI is InChI=1S/C24H28O4/c1-3-18-14-17(8-6-4-5-7-13-25)9-12-21(18)22-15-19-10-11-20(27-2)16-23(19)28-24(22)26/h9-12,14-16,25H,3-8,13H2,1-2H3. The molecular formula is C24H28O4. The predicted molar refractivity (Wildman–Crippen MR) is 113 cm³/mol. The Balaban J connectivity index is 1.88. The molecule has 148 valence electrons. The molecule has 0 saturated carbocycles. The molecule has 4 nitrogen and oxygen atoms in total. The van der Waals surface area contributed by atoms with Gasteiger partial charge in [-0.1, -0.05) is 38.0 Å². The zero-order chi connectivity index (χ0) is 19.9. The number of unbranched alkanes of at least 4 members (excludes halogenated alkanes) is 3. The van der Waals surface area contributed by atoms with E-state index in [4.69, 9.17) is 14.3 Å². The van der Waals surface area contributed by atoms with E-state index in [0.717, 1.165) is 55.0 Å². The van der Waals surface area contributed by atoms with Crippen LogP contribution in [0, 0.1) is 0 Å². The molecule has 0 aliphatic carbocycles. The fraction of sp³-hybridized carbons (Fsp3) is 0.375. The number of hydrogen-bond donors (Lipinski definition) is 1. The van der Waals surface area contributed by atoms with Gasteiger partial charge in [-0.2, -0.15) is 0 Å². The van der Waals surface area contributed by atoms with E-state index in [9.17, 15) is 4.79 Å². The van der Waals surface area contributed by atoms with Crippen LogP contribution in [0.2, 0.25) is 0 Å². The van der Waals surface area contributed by atoms with Crippen molar-refractivity contribution < 1.29 is 14.3 Å². The van der Waals surface area contributed by atoms with Crippen molar-refractivity contribution in [1.82, 2.24) is 0 Å². The van der Waals surface area contributed by atoms with E-state index in [2.05, 4.69) is 19.1 Å². The minimum atomic E-state index is -0.327. The maximum Gasteiger partial charge on any atom is 0.344 e. The largest absolute Gasteiger partial charge is 0.497 e. The normalized spacial score (nSPS) is 11.1. The zero-order valence-electron chi connectivity index (χ0n) is 16.7. The summed E-state index contributed by atoms with van der Waals surface area (Å²) in [7, 11) is 1.59. The molecular weight excluding hydrogens is 352 g/mol. The highest BCUT2D eigenvalue weighted by atomic mass is 16.5. The van der Waals surface area contributed by atoms with Gasteiger partial charge in [0.05, 0.1) is 12.7 Å². The van der Waals surface area contributed by atoms with Gasteiger partial charge in [0.1, 0.15) is 11.3 Å². The average molecular weight is 380 g/mol. The topological polar surface area (TPSA) is 59.7 Å². The molecule has 0 aliphatic rings. The van der Waals surface area contributed by atoms with Gasteiger partial charge < -0.3 is 14.3 Å². The summed E-state index contributed by atoms with van der Waals surface area (Å²) in [5.74, 6) is 0.668. The fourth-order valence-corrected chi connectivity index (χ4v) is 3.56. The fourth-order valence-electron chi connectivity index (χ4n) is 3.56. The van der Waals surface area contributed by atoms with Crippen molar-refractivity contribution in [3.05, 3.63) is 64.0 Å². The van der Waals surface area contributed by atoms with Crippen LogP contribution in [0.4, 0.5) is 0 Å². The van der Waals surface area contributed by atoms with Crippen LogP contribution in [0.25, 0.3) is 22.1 Å². The molecule has 0 bridgehead atoms. The van der Waals surface area contributed by atoms with E-state index in [1.807, 2.05) is 24.3 Å². The second-order valence-corrected chi connectivity index (χ2v) is 7.08. The van der Waals surface area contributed by atoms with Crippen LogP contribution in [-0.2, 0) is 12.8 Å². The second-order valence-electron chi connectivity index (χ2n) is 7.08. The SMILES string of the molecule is CCc1cc(CCCCCCO)ccc1-c1cc2ccc(OC)cc2oc1=O. The van der Waals surface area contributed by atoms with Gasteiger partial charge in [0.15, 0.2) is 0 Å². The molecule has 0 amide bonds. The smallest absolute Gasteiger partial charge is 0.344 e. The van der Waals surface area contributed by atoms with Crippen LogP contribution in [0.5, 0.6) is 5.75 Å². The Labute approximate surface area is 165 Å². The highest BCUT2D eigenvalue weighted by molar-refractivity contribution is 5.83. The number of aliphatic hydroxyl groups is 1. The van der Waals surface area contributed by atoms with E-state index in [1.165, 1.54) is 5.56 Å². The van der Waals surface area contributed by atoms with E-state index in [0.29, 0.717) is 16.9 Å². The molecule has 0 spiro atoms. The van der Waals surface area contributed by atoms with Crippen LogP contribution < -0.4 is 10.4 Å². The number of aliphatic hydroxyl groups excluding tert-OH is 1. The minimum absolute atomic E-state index is 0.274. The van der Waals surface area contributed by atoms with Crippen molar-refractivity contribution in [3.63, 3.8) is 0 Å². The molecule has 1 heterocycles. The summed E-state index contributed by atoms with van der Waals surface area (Å²) in [4.78, 5) is 12.6. The third kappa shape index (κ3) is 4.63. The first-order valence-electron chi connectivity index (χ1n) is 10.0. The maximum absolute atomic E-state index is 12.6. The molecule has 1 N–H and O–H groups in total. The monoisotopic (exact) mass is 380 g/mol. The van der Waals surface area contributed by atoms with Gasteiger partial charge >= 0.3 is 5.63 Å². The molecule has 0 radical (unpaired) electrons. The molecule has 3 rings (SSSR count). The quantitative estimate of drug-likeness (QED) is 0.413. The van der Waals surface area contributed by atoms with E-state index in [1.54, 1.807) is 13.2 Å². The summed E-state index contributed by atoms with van der Waals surface area (Å²) in [6.45, 7) is 2.38. The lowest BCUT2D eigenvalue weighted by atomic mass is 9.94. The van der Waals surface area contributed by atoms with Crippen LogP contribution in [0.3, 0.4) is 0 Å². The van der Waals surface area contributed by atoms with Gasteiger partial charge in [-0.15, -0.1) is 0 Å². The number of methoxy groups -OCH3 is 1. The van der Waals surface area contributed by atoms with Gasteiger partial charge in [0, 0.05) is 18.1 Å². The molecule has 28 heavy (non-hydrogen) atoms. The second kappa shape index (κ2) is 9.56. The molecule has 1 aromatic heterocycles. The molecule has 0 saturated heterocycles. The van der Waals surface area contributed by atoms with Gasteiger partial charge in [-0.3, -0.25) is 0 Å². The third-order valence-electron chi connectivity index (χ3n) is 5.16. The van der Waals surface area contributed by atoms with Gasteiger partial charge in [-0.05, 0) is 60.6 Å². The number of ether oxygens (including phenoxy) is 1. The number of benzene rings is 2. The summed E-state index contributed by atoms with van der Waals surface area (Å²) in [6, 6.07) is 13.8. The zero-order valence-corrected chi connectivity index (χ0v) is 16.7. The first-order chi connectivity index (χ1) is 13.7. The van der Waals surface area contributed by atoms with Crippen molar-refractivity contribution >= 4 is 11.0 Å². The minimum Gasteiger partial charge on any atom is -0.497 e. The van der Waals surface area contributed by atoms with Crippen molar-refractivity contribution in [2.45, 2.75) is 45.4 Å². The Morgan fingerprint density at radius 3 is 2.54 bits per heavy atom. The summed E-state index contributed by atoms with van der Waals surface area (Å²) in [5, 5.41) is 9.74. The van der Waals surface area contributed by atoms with Crippen molar-refractivity contribution in [2.75, 3.05) is 13.7 Å². The maximum atomic E-state index is 12.6. The number of aryl methyl sites for hydroxylation is 2. The lowest BCUT2D eigenvalue weighted by Crippen LogP contribution is -2.05. The Kier molecular flexibility index (Phi) is 6.88. The molecule has 4 heteroatoms. The number of hydrogen-bond acceptors (Lipinski definition) is 4. The van der Waals surface area contributed by atoms with Gasteiger partial charge in [0.25, 0.3) is 0 Å². The van der Waals surface area contributed by atoms with Crippen molar-refractivity contribution in [2.24, 2.45) is 0 Å². The summed E-state index contributed by atoms with van der Waals surface area (Å²) < 4.78 is 10.8. The highest BCUT2D eigenvalue weighted by Gasteiger charge is 2.12. The molecule has 2 aromatic carbocycles. The summed E-state index contributed by atoms with van der Waals surface area (Å²) in [5.41, 5.74) is 4.20. The van der Waals surface area contributed by atoms with E-state index >= 15 is 0 Å². The molecule has 0 aliphatic heterocycles. The van der Waals surface area contributed by atoms with Crippen LogP contribution in [0.15, 0.2) is 51.7 Å². The average Bonchev–Trinajstić information content (AvgIpc) is 2.72. The Hall–Kier alpha value is -2.59.